The molecule has 4 heteroatoms. The number of carbonyl (C=O) groups is 1. The molecule has 0 aromatic carbocycles. The van der Waals surface area contributed by atoms with E-state index in [4.69, 9.17) is 5.11 Å². The molecule has 0 saturated carbocycles. The molecule has 0 aromatic heterocycles. The normalized spacial score (nSPS) is 16.9. The molecule has 60 valence electrons. The smallest absolute Gasteiger partial charge is 0.342 e. The Kier molecular flexibility index (Phi) is 2.77. The maximum absolute atomic E-state index is 12.8. The van der Waals surface area contributed by atoms with Crippen molar-refractivity contribution >= 4 is 5.97 Å². The van der Waals surface area contributed by atoms with Crippen molar-refractivity contribution < 1.29 is 14.3 Å². The average molecular weight is 149 g/mol. The van der Waals surface area contributed by atoms with Crippen LogP contribution in [0.5, 0.6) is 0 Å². The van der Waals surface area contributed by atoms with Gasteiger partial charge in [0.05, 0.1) is 0 Å². The maximum atomic E-state index is 12.8. The summed E-state index contributed by atoms with van der Waals surface area (Å²) in [5.74, 6) is -1.42. The predicted octanol–water partition coefficient (Wildman–Crippen LogP) is 0.361. The van der Waals surface area contributed by atoms with E-state index in [1.165, 1.54) is 4.90 Å². The summed E-state index contributed by atoms with van der Waals surface area (Å²) in [6, 6.07) is 0. The highest BCUT2D eigenvalue weighted by atomic mass is 19.1. The second-order valence-electron chi connectivity index (χ2n) is 2.74. The van der Waals surface area contributed by atoms with Crippen molar-refractivity contribution in [2.45, 2.75) is 12.6 Å². The number of aliphatic carboxylic acids is 1. The zero-order chi connectivity index (χ0) is 8.36. The molecule has 0 fully saturated rings. The molecule has 1 atom stereocenters. The zero-order valence-corrected chi connectivity index (χ0v) is 6.39. The third-order valence-electron chi connectivity index (χ3n) is 1.06. The van der Waals surface area contributed by atoms with Gasteiger partial charge in [0.15, 0.2) is 0 Å². The number of nitrogens with zero attached hydrogens (tertiary/aromatic N) is 1. The molecule has 1 unspecified atom stereocenters. The topological polar surface area (TPSA) is 40.5 Å². The van der Waals surface area contributed by atoms with Crippen LogP contribution in [0, 0.1) is 0 Å². The first kappa shape index (κ1) is 9.36. The lowest BCUT2D eigenvalue weighted by atomic mass is 10.1. The van der Waals surface area contributed by atoms with E-state index >= 15 is 0 Å². The molecular formula is C6H12FNO2. The molecule has 0 heterocycles. The van der Waals surface area contributed by atoms with Gasteiger partial charge in [-0.1, -0.05) is 0 Å². The van der Waals surface area contributed by atoms with Crippen LogP contribution in [-0.2, 0) is 4.79 Å². The Morgan fingerprint density at radius 2 is 2.10 bits per heavy atom. The van der Waals surface area contributed by atoms with Crippen molar-refractivity contribution in [2.75, 3.05) is 20.6 Å². The molecule has 0 amide bonds. The summed E-state index contributed by atoms with van der Waals surface area (Å²) in [5, 5.41) is 8.29. The summed E-state index contributed by atoms with van der Waals surface area (Å²) in [7, 11) is 3.25. The molecule has 0 radical (unpaired) electrons. The van der Waals surface area contributed by atoms with E-state index in [0.717, 1.165) is 6.92 Å². The predicted molar refractivity (Wildman–Crippen MR) is 35.7 cm³/mol. The van der Waals surface area contributed by atoms with E-state index in [1.807, 2.05) is 0 Å². The minimum atomic E-state index is -2.14. The molecule has 0 aromatic rings. The Hall–Kier alpha value is -0.640. The first-order valence-electron chi connectivity index (χ1n) is 2.93. The number of hydrogen-bond donors (Lipinski definition) is 1. The minimum Gasteiger partial charge on any atom is -0.479 e. The van der Waals surface area contributed by atoms with E-state index < -0.39 is 11.6 Å². The molecule has 3 nitrogen and oxygen atoms in total. The van der Waals surface area contributed by atoms with Crippen LogP contribution < -0.4 is 0 Å². The Morgan fingerprint density at radius 3 is 2.20 bits per heavy atom. The molecule has 0 saturated heterocycles. The monoisotopic (exact) mass is 149 g/mol. The average Bonchev–Trinajstić information content (AvgIpc) is 1.60. The van der Waals surface area contributed by atoms with Crippen LogP contribution in [0.1, 0.15) is 6.92 Å². The van der Waals surface area contributed by atoms with Crippen molar-refractivity contribution in [3.63, 3.8) is 0 Å². The van der Waals surface area contributed by atoms with Crippen LogP contribution in [0.2, 0.25) is 0 Å². The number of alkyl halides is 1. The quantitative estimate of drug-likeness (QED) is 0.629. The third-order valence-corrected chi connectivity index (χ3v) is 1.06. The minimum absolute atomic E-state index is 0.0949. The first-order chi connectivity index (χ1) is 4.36. The van der Waals surface area contributed by atoms with Gasteiger partial charge < -0.3 is 10.0 Å². The van der Waals surface area contributed by atoms with Gasteiger partial charge in [0.25, 0.3) is 0 Å². The van der Waals surface area contributed by atoms with Gasteiger partial charge in [0, 0.05) is 6.54 Å². The molecule has 0 aliphatic carbocycles. The molecule has 0 spiro atoms. The number of carboxylic acids is 1. The highest BCUT2D eigenvalue weighted by molar-refractivity contribution is 5.76. The molecule has 1 N–H and O–H groups in total. The van der Waals surface area contributed by atoms with Crippen molar-refractivity contribution in [1.29, 1.82) is 0 Å². The van der Waals surface area contributed by atoms with Gasteiger partial charge in [0.2, 0.25) is 5.67 Å². The summed E-state index contributed by atoms with van der Waals surface area (Å²) in [6.45, 7) is 0.956. The molecule has 0 aliphatic heterocycles. The van der Waals surface area contributed by atoms with Crippen LogP contribution in [0.15, 0.2) is 0 Å². The van der Waals surface area contributed by atoms with Crippen LogP contribution in [-0.4, -0.2) is 42.3 Å². The zero-order valence-electron chi connectivity index (χ0n) is 6.39. The standard InChI is InChI=1S/C6H12FNO2/c1-6(7,5(9)10)4-8(2)3/h4H2,1-3H3,(H,9,10). The highest BCUT2D eigenvalue weighted by Crippen LogP contribution is 2.10. The van der Waals surface area contributed by atoms with Crippen LogP contribution in [0.25, 0.3) is 0 Å². The van der Waals surface area contributed by atoms with E-state index in [2.05, 4.69) is 0 Å². The number of hydrogen-bond acceptors (Lipinski definition) is 2. The molecule has 10 heavy (non-hydrogen) atoms. The van der Waals surface area contributed by atoms with Gasteiger partial charge in [-0.15, -0.1) is 0 Å². The first-order valence-corrected chi connectivity index (χ1v) is 2.93. The van der Waals surface area contributed by atoms with E-state index in [-0.39, 0.29) is 6.54 Å². The lowest BCUT2D eigenvalue weighted by Gasteiger charge is -2.19. The fraction of sp³-hybridized carbons (Fsp3) is 0.833. The fourth-order valence-corrected chi connectivity index (χ4v) is 0.661. The van der Waals surface area contributed by atoms with E-state index in [9.17, 15) is 9.18 Å². The van der Waals surface area contributed by atoms with Crippen LogP contribution in [0.4, 0.5) is 4.39 Å². The summed E-state index contributed by atoms with van der Waals surface area (Å²) in [5.41, 5.74) is -2.14. The molecule has 0 bridgehead atoms. The lowest BCUT2D eigenvalue weighted by molar-refractivity contribution is -0.150. The Morgan fingerprint density at radius 1 is 1.70 bits per heavy atom. The Bertz CT molecular complexity index is 134. The number of carboxylic acid groups (broad SMARTS) is 1. The summed E-state index contributed by atoms with van der Waals surface area (Å²) in [4.78, 5) is 11.6. The van der Waals surface area contributed by atoms with Gasteiger partial charge >= 0.3 is 5.97 Å². The summed E-state index contributed by atoms with van der Waals surface area (Å²) < 4.78 is 12.8. The maximum Gasteiger partial charge on any atom is 0.342 e. The van der Waals surface area contributed by atoms with Crippen molar-refractivity contribution in [1.82, 2.24) is 4.90 Å². The van der Waals surface area contributed by atoms with Crippen molar-refractivity contribution in [3.8, 4) is 0 Å². The van der Waals surface area contributed by atoms with E-state index in [0.29, 0.717) is 0 Å². The van der Waals surface area contributed by atoms with Gasteiger partial charge in [-0.2, -0.15) is 0 Å². The van der Waals surface area contributed by atoms with Gasteiger partial charge in [-0.05, 0) is 21.0 Å². The van der Waals surface area contributed by atoms with Gasteiger partial charge in [-0.3, -0.25) is 0 Å². The van der Waals surface area contributed by atoms with Gasteiger partial charge in [0.1, 0.15) is 0 Å². The largest absolute Gasteiger partial charge is 0.479 e. The van der Waals surface area contributed by atoms with Crippen molar-refractivity contribution in [2.24, 2.45) is 0 Å². The van der Waals surface area contributed by atoms with E-state index in [1.54, 1.807) is 14.1 Å². The molecular weight excluding hydrogens is 137 g/mol. The van der Waals surface area contributed by atoms with Crippen LogP contribution >= 0.6 is 0 Å². The molecule has 0 aliphatic rings. The second-order valence-corrected chi connectivity index (χ2v) is 2.74. The Labute approximate surface area is 59.4 Å². The fourth-order valence-electron chi connectivity index (χ4n) is 0.661. The Balaban J connectivity index is 4.00. The highest BCUT2D eigenvalue weighted by Gasteiger charge is 2.32. The van der Waals surface area contributed by atoms with Gasteiger partial charge in [-0.25, -0.2) is 9.18 Å². The number of halogens is 1. The van der Waals surface area contributed by atoms with Crippen LogP contribution in [0.3, 0.4) is 0 Å². The SMILES string of the molecule is CN(C)CC(C)(F)C(=O)O. The second kappa shape index (κ2) is 2.96. The summed E-state index contributed by atoms with van der Waals surface area (Å²) >= 11 is 0. The lowest BCUT2D eigenvalue weighted by Crippen LogP contribution is -2.40. The van der Waals surface area contributed by atoms with Crippen molar-refractivity contribution in [3.05, 3.63) is 0 Å². The summed E-state index contributed by atoms with van der Waals surface area (Å²) in [6.07, 6.45) is 0. The third kappa shape index (κ3) is 2.77. The number of rotatable bonds is 3. The molecule has 0 rings (SSSR count).